The topological polar surface area (TPSA) is 71.1 Å². The van der Waals surface area contributed by atoms with Crippen LogP contribution in [0.25, 0.3) is 11.3 Å². The Labute approximate surface area is 144 Å². The molecular formula is C17H18N4O2S. The Hall–Kier alpha value is -2.67. The van der Waals surface area contributed by atoms with Crippen LogP contribution in [0.1, 0.15) is 21.1 Å². The van der Waals surface area contributed by atoms with Gasteiger partial charge in [0.15, 0.2) is 0 Å². The Bertz CT molecular complexity index is 838. The number of carbonyl (C=O) groups is 1. The van der Waals surface area contributed by atoms with Crippen molar-refractivity contribution in [3.63, 3.8) is 0 Å². The number of hydrogen-bond acceptors (Lipinski definition) is 5. The van der Waals surface area contributed by atoms with E-state index >= 15 is 0 Å². The monoisotopic (exact) mass is 342 g/mol. The van der Waals surface area contributed by atoms with Gasteiger partial charge in [0.05, 0.1) is 31.1 Å². The van der Waals surface area contributed by atoms with E-state index in [1.54, 1.807) is 36.6 Å². The van der Waals surface area contributed by atoms with Gasteiger partial charge in [0.2, 0.25) is 0 Å². The molecule has 0 spiro atoms. The summed E-state index contributed by atoms with van der Waals surface area (Å²) in [7, 11) is 3.39. The molecule has 0 aliphatic rings. The average molecular weight is 342 g/mol. The second-order valence-corrected chi connectivity index (χ2v) is 6.37. The molecule has 3 aromatic rings. The van der Waals surface area contributed by atoms with Crippen LogP contribution in [0.3, 0.4) is 0 Å². The number of methoxy groups -OCH3 is 1. The van der Waals surface area contributed by atoms with E-state index in [2.05, 4.69) is 15.2 Å². The van der Waals surface area contributed by atoms with Gasteiger partial charge in [0.25, 0.3) is 5.91 Å². The van der Waals surface area contributed by atoms with E-state index in [4.69, 9.17) is 4.74 Å². The zero-order chi connectivity index (χ0) is 17.1. The van der Waals surface area contributed by atoms with E-state index < -0.39 is 0 Å². The van der Waals surface area contributed by atoms with Gasteiger partial charge >= 0.3 is 0 Å². The standard InChI is InChI=1S/C17H18N4O2S/c1-11-10-24-15(19-11)9-21(2)17(22)14-8-18-20-16(14)12-4-6-13(23-3)7-5-12/h4-8,10H,9H2,1-3H3,(H,18,20). The van der Waals surface area contributed by atoms with Crippen molar-refractivity contribution in [1.29, 1.82) is 0 Å². The number of aromatic nitrogens is 3. The molecule has 1 amide bonds. The van der Waals surface area contributed by atoms with Gasteiger partial charge in [-0.2, -0.15) is 5.10 Å². The summed E-state index contributed by atoms with van der Waals surface area (Å²) in [5.74, 6) is 0.671. The number of ether oxygens (including phenoxy) is 1. The Balaban J connectivity index is 1.81. The zero-order valence-corrected chi connectivity index (χ0v) is 14.6. The normalized spacial score (nSPS) is 10.6. The Morgan fingerprint density at radius 2 is 2.08 bits per heavy atom. The number of benzene rings is 1. The molecule has 0 bridgehead atoms. The Morgan fingerprint density at radius 3 is 2.71 bits per heavy atom. The van der Waals surface area contributed by atoms with Crippen LogP contribution in [0, 0.1) is 6.92 Å². The van der Waals surface area contributed by atoms with Gasteiger partial charge in [-0.1, -0.05) is 0 Å². The van der Waals surface area contributed by atoms with Crippen LogP contribution in [0.4, 0.5) is 0 Å². The van der Waals surface area contributed by atoms with Gasteiger partial charge in [-0.05, 0) is 31.2 Å². The van der Waals surface area contributed by atoms with Crippen LogP contribution in [0.15, 0.2) is 35.8 Å². The molecule has 2 heterocycles. The van der Waals surface area contributed by atoms with Crippen molar-refractivity contribution in [2.45, 2.75) is 13.5 Å². The number of carbonyl (C=O) groups excluding carboxylic acids is 1. The van der Waals surface area contributed by atoms with E-state index in [9.17, 15) is 4.79 Å². The highest BCUT2D eigenvalue weighted by Crippen LogP contribution is 2.25. The van der Waals surface area contributed by atoms with Gasteiger partial charge in [0.1, 0.15) is 10.8 Å². The molecule has 0 saturated heterocycles. The van der Waals surface area contributed by atoms with Crippen LogP contribution in [-0.2, 0) is 6.54 Å². The van der Waals surface area contributed by atoms with Crippen LogP contribution >= 0.6 is 11.3 Å². The minimum absolute atomic E-state index is 0.0950. The van der Waals surface area contributed by atoms with Gasteiger partial charge in [-0.15, -0.1) is 11.3 Å². The van der Waals surface area contributed by atoms with Gasteiger partial charge in [0, 0.05) is 23.7 Å². The van der Waals surface area contributed by atoms with E-state index in [0.29, 0.717) is 17.8 Å². The highest BCUT2D eigenvalue weighted by molar-refractivity contribution is 7.09. The lowest BCUT2D eigenvalue weighted by molar-refractivity contribution is 0.0786. The highest BCUT2D eigenvalue weighted by Gasteiger charge is 2.19. The molecule has 6 nitrogen and oxygen atoms in total. The van der Waals surface area contributed by atoms with Crippen molar-refractivity contribution in [3.8, 4) is 17.0 Å². The molecule has 0 unspecified atom stereocenters. The summed E-state index contributed by atoms with van der Waals surface area (Å²) < 4.78 is 5.16. The third kappa shape index (κ3) is 3.30. The van der Waals surface area contributed by atoms with Crippen LogP contribution in [0.2, 0.25) is 0 Å². The third-order valence-electron chi connectivity index (χ3n) is 3.63. The molecule has 0 atom stereocenters. The van der Waals surface area contributed by atoms with Crippen molar-refractivity contribution >= 4 is 17.2 Å². The van der Waals surface area contributed by atoms with Crippen molar-refractivity contribution in [1.82, 2.24) is 20.1 Å². The maximum atomic E-state index is 12.8. The number of rotatable bonds is 5. The molecule has 124 valence electrons. The largest absolute Gasteiger partial charge is 0.497 e. The number of aryl methyl sites for hydroxylation is 1. The second kappa shape index (κ2) is 6.84. The summed E-state index contributed by atoms with van der Waals surface area (Å²) in [6.45, 7) is 2.42. The summed E-state index contributed by atoms with van der Waals surface area (Å²) in [4.78, 5) is 18.8. The minimum Gasteiger partial charge on any atom is -0.497 e. The number of nitrogens with one attached hydrogen (secondary N) is 1. The first-order valence-corrected chi connectivity index (χ1v) is 8.30. The molecule has 0 radical (unpaired) electrons. The van der Waals surface area contributed by atoms with Crippen LogP contribution < -0.4 is 4.74 Å². The molecular weight excluding hydrogens is 324 g/mol. The molecule has 2 aromatic heterocycles. The fourth-order valence-corrected chi connectivity index (χ4v) is 3.21. The molecule has 3 rings (SSSR count). The van der Waals surface area contributed by atoms with Crippen molar-refractivity contribution in [3.05, 3.63) is 52.1 Å². The molecule has 1 N–H and O–H groups in total. The summed E-state index contributed by atoms with van der Waals surface area (Å²) >= 11 is 1.55. The quantitative estimate of drug-likeness (QED) is 0.773. The lowest BCUT2D eigenvalue weighted by atomic mass is 10.1. The molecule has 0 fully saturated rings. The van der Waals surface area contributed by atoms with Gasteiger partial charge in [-0.25, -0.2) is 4.98 Å². The number of hydrogen-bond donors (Lipinski definition) is 1. The van der Waals surface area contributed by atoms with Crippen molar-refractivity contribution < 1.29 is 9.53 Å². The third-order valence-corrected chi connectivity index (χ3v) is 4.59. The first-order chi connectivity index (χ1) is 11.6. The molecule has 0 saturated carbocycles. The number of amides is 1. The zero-order valence-electron chi connectivity index (χ0n) is 13.7. The van der Waals surface area contributed by atoms with Gasteiger partial charge in [-0.3, -0.25) is 9.89 Å². The number of aromatic amines is 1. The molecule has 24 heavy (non-hydrogen) atoms. The highest BCUT2D eigenvalue weighted by atomic mass is 32.1. The van der Waals surface area contributed by atoms with Crippen molar-refractivity contribution in [2.75, 3.05) is 14.2 Å². The minimum atomic E-state index is -0.0950. The van der Waals surface area contributed by atoms with E-state index in [1.807, 2.05) is 36.6 Å². The fourth-order valence-electron chi connectivity index (χ4n) is 2.38. The van der Waals surface area contributed by atoms with E-state index in [0.717, 1.165) is 22.0 Å². The fraction of sp³-hybridized carbons (Fsp3) is 0.235. The number of thiazole rings is 1. The lowest BCUT2D eigenvalue weighted by Gasteiger charge is -2.15. The SMILES string of the molecule is COc1ccc(-c2[nH]ncc2C(=O)N(C)Cc2nc(C)cs2)cc1. The number of nitrogens with zero attached hydrogens (tertiary/aromatic N) is 3. The molecule has 0 aliphatic heterocycles. The molecule has 7 heteroatoms. The van der Waals surface area contributed by atoms with E-state index in [-0.39, 0.29) is 5.91 Å². The molecule has 1 aromatic carbocycles. The summed E-state index contributed by atoms with van der Waals surface area (Å²) in [6, 6.07) is 7.50. The lowest BCUT2D eigenvalue weighted by Crippen LogP contribution is -2.26. The molecule has 0 aliphatic carbocycles. The van der Waals surface area contributed by atoms with E-state index in [1.165, 1.54) is 0 Å². The number of H-pyrrole nitrogens is 1. The summed E-state index contributed by atoms with van der Waals surface area (Å²) in [5.41, 5.74) is 3.09. The maximum absolute atomic E-state index is 12.8. The predicted molar refractivity (Wildman–Crippen MR) is 93.2 cm³/mol. The Morgan fingerprint density at radius 1 is 1.33 bits per heavy atom. The average Bonchev–Trinajstić information content (AvgIpc) is 3.23. The summed E-state index contributed by atoms with van der Waals surface area (Å²) in [6.07, 6.45) is 1.56. The maximum Gasteiger partial charge on any atom is 0.257 e. The predicted octanol–water partition coefficient (Wildman–Crippen LogP) is 3.12. The van der Waals surface area contributed by atoms with Crippen LogP contribution in [0.5, 0.6) is 5.75 Å². The van der Waals surface area contributed by atoms with Gasteiger partial charge < -0.3 is 9.64 Å². The summed E-state index contributed by atoms with van der Waals surface area (Å²) in [5, 5.41) is 9.85. The first-order valence-electron chi connectivity index (χ1n) is 7.42. The second-order valence-electron chi connectivity index (χ2n) is 5.43. The Kier molecular flexibility index (Phi) is 4.61. The first kappa shape index (κ1) is 16.2. The smallest absolute Gasteiger partial charge is 0.257 e. The van der Waals surface area contributed by atoms with Crippen molar-refractivity contribution in [2.24, 2.45) is 0 Å². The van der Waals surface area contributed by atoms with Crippen LogP contribution in [-0.4, -0.2) is 40.1 Å².